The van der Waals surface area contributed by atoms with Gasteiger partial charge in [-0.2, -0.15) is 10.1 Å². The van der Waals surface area contributed by atoms with E-state index in [4.69, 9.17) is 5.73 Å². The van der Waals surface area contributed by atoms with Gasteiger partial charge in [-0.1, -0.05) is 0 Å². The molecule has 2 rings (SSSR count). The number of anilines is 1. The first-order valence-electron chi connectivity index (χ1n) is 4.69. The Morgan fingerprint density at radius 1 is 1.62 bits per heavy atom. The fourth-order valence-electron chi connectivity index (χ4n) is 1.18. The lowest BCUT2D eigenvalue weighted by molar-refractivity contribution is 0.0942. The topological polar surface area (TPSA) is 115 Å². The number of nitrogen functional groups attached to an aromatic ring is 1. The molecular formula is C8H11N7O. The second-order valence-corrected chi connectivity index (χ2v) is 3.07. The molecule has 0 saturated heterocycles. The van der Waals surface area contributed by atoms with Gasteiger partial charge in [0.15, 0.2) is 0 Å². The Bertz CT molecular complexity index is 460. The van der Waals surface area contributed by atoms with Crippen molar-refractivity contribution in [1.82, 2.24) is 30.3 Å². The van der Waals surface area contributed by atoms with Crippen molar-refractivity contribution in [1.29, 1.82) is 0 Å². The van der Waals surface area contributed by atoms with Gasteiger partial charge in [0.05, 0.1) is 6.54 Å². The van der Waals surface area contributed by atoms with Crippen LogP contribution in [-0.4, -0.2) is 37.4 Å². The predicted octanol–water partition coefficient (Wildman–Crippen LogP) is -0.987. The Morgan fingerprint density at radius 2 is 2.50 bits per heavy atom. The second kappa shape index (κ2) is 4.43. The van der Waals surface area contributed by atoms with Crippen molar-refractivity contribution in [2.45, 2.75) is 6.54 Å². The van der Waals surface area contributed by atoms with Crippen LogP contribution in [0, 0.1) is 0 Å². The SMILES string of the molecule is Nc1n[nH]c(C(=O)NCCn2cccn2)n1. The number of amides is 1. The average molecular weight is 221 g/mol. The first-order valence-corrected chi connectivity index (χ1v) is 4.69. The zero-order chi connectivity index (χ0) is 11.4. The molecule has 0 saturated carbocycles. The third kappa shape index (κ3) is 2.35. The second-order valence-electron chi connectivity index (χ2n) is 3.07. The molecule has 8 heteroatoms. The molecule has 0 radical (unpaired) electrons. The first-order chi connectivity index (χ1) is 7.75. The van der Waals surface area contributed by atoms with Gasteiger partial charge in [0.2, 0.25) is 11.8 Å². The zero-order valence-electron chi connectivity index (χ0n) is 8.42. The Balaban J connectivity index is 1.80. The number of aromatic amines is 1. The largest absolute Gasteiger partial charge is 0.366 e. The Hall–Kier alpha value is -2.38. The van der Waals surface area contributed by atoms with E-state index in [1.54, 1.807) is 10.9 Å². The molecule has 2 aromatic heterocycles. The number of carbonyl (C=O) groups is 1. The Labute approximate surface area is 90.9 Å². The van der Waals surface area contributed by atoms with Gasteiger partial charge in [0, 0.05) is 18.9 Å². The molecule has 0 unspecified atom stereocenters. The molecule has 0 bridgehead atoms. The van der Waals surface area contributed by atoms with Crippen LogP contribution in [0.3, 0.4) is 0 Å². The highest BCUT2D eigenvalue weighted by molar-refractivity contribution is 5.90. The molecule has 16 heavy (non-hydrogen) atoms. The number of rotatable bonds is 4. The van der Waals surface area contributed by atoms with Gasteiger partial charge in [-0.25, -0.2) is 0 Å². The minimum Gasteiger partial charge on any atom is -0.366 e. The normalized spacial score (nSPS) is 10.2. The third-order valence-electron chi connectivity index (χ3n) is 1.90. The summed E-state index contributed by atoms with van der Waals surface area (Å²) in [5, 5.41) is 12.6. The number of H-pyrrole nitrogens is 1. The predicted molar refractivity (Wildman–Crippen MR) is 55.4 cm³/mol. The van der Waals surface area contributed by atoms with Crippen molar-refractivity contribution < 1.29 is 4.79 Å². The van der Waals surface area contributed by atoms with Crippen LogP contribution in [0.4, 0.5) is 5.95 Å². The Morgan fingerprint density at radius 3 is 3.12 bits per heavy atom. The molecule has 0 aliphatic rings. The van der Waals surface area contributed by atoms with Gasteiger partial charge < -0.3 is 11.1 Å². The fourth-order valence-corrected chi connectivity index (χ4v) is 1.18. The summed E-state index contributed by atoms with van der Waals surface area (Å²) in [5.74, 6) is -0.174. The van der Waals surface area contributed by atoms with E-state index >= 15 is 0 Å². The number of nitrogens with two attached hydrogens (primary N) is 1. The molecular weight excluding hydrogens is 210 g/mol. The lowest BCUT2D eigenvalue weighted by Crippen LogP contribution is -2.28. The lowest BCUT2D eigenvalue weighted by Gasteiger charge is -2.02. The van der Waals surface area contributed by atoms with E-state index in [1.807, 2.05) is 12.3 Å². The van der Waals surface area contributed by atoms with Crippen molar-refractivity contribution in [3.05, 3.63) is 24.3 Å². The minimum atomic E-state index is -0.337. The maximum Gasteiger partial charge on any atom is 0.288 e. The number of aromatic nitrogens is 5. The van der Waals surface area contributed by atoms with Crippen LogP contribution in [-0.2, 0) is 6.54 Å². The highest BCUT2D eigenvalue weighted by Crippen LogP contribution is 1.92. The van der Waals surface area contributed by atoms with E-state index in [0.717, 1.165) is 0 Å². The monoisotopic (exact) mass is 221 g/mol. The molecule has 0 aliphatic heterocycles. The smallest absolute Gasteiger partial charge is 0.288 e. The first kappa shape index (κ1) is 10.1. The highest BCUT2D eigenvalue weighted by atomic mass is 16.2. The molecule has 0 atom stereocenters. The Kier molecular flexibility index (Phi) is 2.81. The van der Waals surface area contributed by atoms with Gasteiger partial charge in [-0.15, -0.1) is 5.10 Å². The van der Waals surface area contributed by atoms with Crippen LogP contribution in [0.5, 0.6) is 0 Å². The van der Waals surface area contributed by atoms with Crippen molar-refractivity contribution >= 4 is 11.9 Å². The van der Waals surface area contributed by atoms with E-state index in [2.05, 4.69) is 25.6 Å². The van der Waals surface area contributed by atoms with E-state index in [1.165, 1.54) is 0 Å². The van der Waals surface area contributed by atoms with Crippen LogP contribution in [0.25, 0.3) is 0 Å². The van der Waals surface area contributed by atoms with Crippen molar-refractivity contribution in [3.8, 4) is 0 Å². The standard InChI is InChI=1S/C8H11N7O/c9-8-12-6(13-14-8)7(16)10-3-5-15-4-1-2-11-15/h1-2,4H,3,5H2,(H,10,16)(H3,9,12,13,14). The summed E-state index contributed by atoms with van der Waals surface area (Å²) in [6.07, 6.45) is 3.50. The lowest BCUT2D eigenvalue weighted by atomic mass is 10.5. The molecule has 84 valence electrons. The quantitative estimate of drug-likeness (QED) is 0.613. The number of hydrogen-bond donors (Lipinski definition) is 3. The molecule has 0 aliphatic carbocycles. The molecule has 8 nitrogen and oxygen atoms in total. The van der Waals surface area contributed by atoms with Crippen LogP contribution in [0.2, 0.25) is 0 Å². The summed E-state index contributed by atoms with van der Waals surface area (Å²) in [4.78, 5) is 15.2. The molecule has 1 amide bonds. The summed E-state index contributed by atoms with van der Waals surface area (Å²) in [6.45, 7) is 1.06. The van der Waals surface area contributed by atoms with E-state index in [9.17, 15) is 4.79 Å². The zero-order valence-corrected chi connectivity index (χ0v) is 8.42. The molecule has 2 aromatic rings. The number of nitrogens with zero attached hydrogens (tertiary/aromatic N) is 4. The van der Waals surface area contributed by atoms with Crippen molar-refractivity contribution in [3.63, 3.8) is 0 Å². The third-order valence-corrected chi connectivity index (χ3v) is 1.90. The maximum atomic E-state index is 11.5. The molecule has 0 spiro atoms. The van der Waals surface area contributed by atoms with E-state index in [0.29, 0.717) is 13.1 Å². The average Bonchev–Trinajstić information content (AvgIpc) is 2.89. The van der Waals surface area contributed by atoms with Crippen molar-refractivity contribution in [2.24, 2.45) is 0 Å². The maximum absolute atomic E-state index is 11.5. The summed E-state index contributed by atoms with van der Waals surface area (Å²) in [5.41, 5.74) is 5.27. The van der Waals surface area contributed by atoms with Crippen LogP contribution >= 0.6 is 0 Å². The van der Waals surface area contributed by atoms with Gasteiger partial charge in [-0.05, 0) is 6.07 Å². The minimum absolute atomic E-state index is 0.0530. The highest BCUT2D eigenvalue weighted by Gasteiger charge is 2.09. The van der Waals surface area contributed by atoms with Crippen LogP contribution in [0.15, 0.2) is 18.5 Å². The summed E-state index contributed by atoms with van der Waals surface area (Å²) >= 11 is 0. The van der Waals surface area contributed by atoms with Crippen molar-refractivity contribution in [2.75, 3.05) is 12.3 Å². The summed E-state index contributed by atoms with van der Waals surface area (Å²) in [7, 11) is 0. The summed E-state index contributed by atoms with van der Waals surface area (Å²) < 4.78 is 1.72. The molecule has 0 aromatic carbocycles. The van der Waals surface area contributed by atoms with Gasteiger partial charge in [0.1, 0.15) is 0 Å². The number of carbonyl (C=O) groups excluding carboxylic acids is 1. The van der Waals surface area contributed by atoms with E-state index in [-0.39, 0.29) is 17.7 Å². The number of nitrogens with one attached hydrogen (secondary N) is 2. The number of hydrogen-bond acceptors (Lipinski definition) is 5. The summed E-state index contributed by atoms with van der Waals surface area (Å²) in [6, 6.07) is 1.82. The van der Waals surface area contributed by atoms with Gasteiger partial charge in [-0.3, -0.25) is 14.6 Å². The fraction of sp³-hybridized carbons (Fsp3) is 0.250. The van der Waals surface area contributed by atoms with Gasteiger partial charge >= 0.3 is 0 Å². The van der Waals surface area contributed by atoms with Crippen LogP contribution in [0.1, 0.15) is 10.6 Å². The van der Waals surface area contributed by atoms with E-state index < -0.39 is 0 Å². The molecule has 4 N–H and O–H groups in total. The van der Waals surface area contributed by atoms with Gasteiger partial charge in [0.25, 0.3) is 5.91 Å². The van der Waals surface area contributed by atoms with Crippen LogP contribution < -0.4 is 11.1 Å². The molecule has 2 heterocycles. The molecule has 0 fully saturated rings.